The summed E-state index contributed by atoms with van der Waals surface area (Å²) >= 11 is 0. The lowest BCUT2D eigenvalue weighted by molar-refractivity contribution is -0.139. The third-order valence-corrected chi connectivity index (χ3v) is 6.05. The molecule has 182 valence electrons. The van der Waals surface area contributed by atoms with Crippen LogP contribution in [0.3, 0.4) is 0 Å². The average molecular weight is 482 g/mol. The molecule has 0 saturated carbocycles. The molecule has 0 saturated heterocycles. The molecule has 3 aromatic carbocycles. The van der Waals surface area contributed by atoms with Crippen LogP contribution >= 0.6 is 0 Å². The fourth-order valence-corrected chi connectivity index (χ4v) is 4.42. The number of hydrogen-bond donors (Lipinski definition) is 3. The molecule has 7 heteroatoms. The molecule has 0 aliphatic heterocycles. The van der Waals surface area contributed by atoms with Gasteiger partial charge >= 0.3 is 5.97 Å². The SMILES string of the molecule is Cc1cc(C)c(C(=O)N[C@@H](Cc2ccc(NC(=O)c3ccnc4ccccc34)cc2)C(=O)O)c(C)c1. The van der Waals surface area contributed by atoms with Gasteiger partial charge < -0.3 is 15.7 Å². The first kappa shape index (κ1) is 24.6. The minimum atomic E-state index is -1.12. The standard InChI is InChI=1S/C29H27N3O4/c1-17-14-18(2)26(19(3)15-17)28(34)32-25(29(35)36)16-20-8-10-21(11-9-20)31-27(33)23-12-13-30-24-7-5-4-6-22(23)24/h4-15,25H,16H2,1-3H3,(H,31,33)(H,32,34)(H,35,36)/t25-/m0/s1. The van der Waals surface area contributed by atoms with Gasteiger partial charge in [-0.25, -0.2) is 4.79 Å². The topological polar surface area (TPSA) is 108 Å². The Morgan fingerprint density at radius 2 is 1.56 bits per heavy atom. The Morgan fingerprint density at radius 1 is 0.889 bits per heavy atom. The van der Waals surface area contributed by atoms with Gasteiger partial charge in [0.1, 0.15) is 6.04 Å². The van der Waals surface area contributed by atoms with E-state index in [9.17, 15) is 19.5 Å². The second-order valence-electron chi connectivity index (χ2n) is 8.87. The van der Waals surface area contributed by atoms with Gasteiger partial charge in [0.15, 0.2) is 0 Å². The van der Waals surface area contributed by atoms with Gasteiger partial charge in [0.05, 0.1) is 11.1 Å². The highest BCUT2D eigenvalue weighted by molar-refractivity contribution is 6.12. The zero-order valence-corrected chi connectivity index (χ0v) is 20.3. The number of benzene rings is 3. The number of rotatable bonds is 7. The maximum absolute atomic E-state index is 12.9. The Labute approximate surface area is 209 Å². The first-order valence-electron chi connectivity index (χ1n) is 11.6. The fraction of sp³-hybridized carbons (Fsp3) is 0.172. The molecule has 0 unspecified atom stereocenters. The zero-order valence-electron chi connectivity index (χ0n) is 20.3. The van der Waals surface area contributed by atoms with Crippen molar-refractivity contribution in [1.82, 2.24) is 10.3 Å². The third-order valence-electron chi connectivity index (χ3n) is 6.05. The van der Waals surface area contributed by atoms with E-state index in [0.717, 1.165) is 27.6 Å². The number of para-hydroxylation sites is 1. The molecule has 0 aliphatic rings. The predicted molar refractivity (Wildman–Crippen MR) is 139 cm³/mol. The third kappa shape index (κ3) is 5.41. The number of aromatic nitrogens is 1. The van der Waals surface area contributed by atoms with Crippen molar-refractivity contribution < 1.29 is 19.5 Å². The number of amides is 2. The summed E-state index contributed by atoms with van der Waals surface area (Å²) < 4.78 is 0. The lowest BCUT2D eigenvalue weighted by atomic mass is 9.98. The number of nitrogens with one attached hydrogen (secondary N) is 2. The molecule has 7 nitrogen and oxygen atoms in total. The summed E-state index contributed by atoms with van der Waals surface area (Å²) in [5.41, 5.74) is 5.68. The van der Waals surface area contributed by atoms with Gasteiger partial charge in [-0.3, -0.25) is 14.6 Å². The van der Waals surface area contributed by atoms with Crippen LogP contribution in [0.15, 0.2) is 72.9 Å². The Balaban J connectivity index is 1.45. The summed E-state index contributed by atoms with van der Waals surface area (Å²) in [5.74, 6) is -1.79. The Hall–Kier alpha value is -4.52. The number of aliphatic carboxylic acids is 1. The average Bonchev–Trinajstić information content (AvgIpc) is 2.83. The molecule has 1 heterocycles. The predicted octanol–water partition coefficient (Wildman–Crippen LogP) is 4.84. The van der Waals surface area contributed by atoms with E-state index in [1.54, 1.807) is 36.5 Å². The van der Waals surface area contributed by atoms with Crippen molar-refractivity contribution in [3.05, 3.63) is 106 Å². The molecule has 3 N–H and O–H groups in total. The second kappa shape index (κ2) is 10.4. The van der Waals surface area contributed by atoms with Crippen molar-refractivity contribution in [1.29, 1.82) is 0 Å². The number of nitrogens with zero attached hydrogens (tertiary/aromatic N) is 1. The molecule has 0 bridgehead atoms. The molecular weight excluding hydrogens is 454 g/mol. The van der Waals surface area contributed by atoms with Crippen molar-refractivity contribution in [2.75, 3.05) is 5.32 Å². The molecule has 4 rings (SSSR count). The number of pyridine rings is 1. The van der Waals surface area contributed by atoms with Crippen LogP contribution in [0.4, 0.5) is 5.69 Å². The number of aryl methyl sites for hydroxylation is 3. The van der Waals surface area contributed by atoms with E-state index >= 15 is 0 Å². The summed E-state index contributed by atoms with van der Waals surface area (Å²) in [4.78, 5) is 41.9. The fourth-order valence-electron chi connectivity index (χ4n) is 4.42. The molecule has 4 aromatic rings. The van der Waals surface area contributed by atoms with Gasteiger partial charge in [-0.15, -0.1) is 0 Å². The number of carbonyl (C=O) groups is 3. The van der Waals surface area contributed by atoms with Gasteiger partial charge in [0.2, 0.25) is 0 Å². The highest BCUT2D eigenvalue weighted by atomic mass is 16.4. The normalized spacial score (nSPS) is 11.6. The maximum atomic E-state index is 12.9. The molecule has 1 atom stereocenters. The summed E-state index contributed by atoms with van der Waals surface area (Å²) in [6.45, 7) is 5.63. The lowest BCUT2D eigenvalue weighted by Crippen LogP contribution is -2.42. The number of hydrogen-bond acceptors (Lipinski definition) is 4. The Morgan fingerprint density at radius 3 is 2.22 bits per heavy atom. The largest absolute Gasteiger partial charge is 0.480 e. The molecule has 0 aliphatic carbocycles. The van der Waals surface area contributed by atoms with E-state index in [0.29, 0.717) is 22.4 Å². The van der Waals surface area contributed by atoms with E-state index in [-0.39, 0.29) is 12.3 Å². The molecule has 36 heavy (non-hydrogen) atoms. The first-order valence-corrected chi connectivity index (χ1v) is 11.6. The van der Waals surface area contributed by atoms with E-state index in [1.807, 2.05) is 57.2 Å². The van der Waals surface area contributed by atoms with Crippen LogP contribution in [-0.4, -0.2) is 33.9 Å². The summed E-state index contributed by atoms with van der Waals surface area (Å²) in [5, 5.41) is 16.0. The molecule has 0 fully saturated rings. The van der Waals surface area contributed by atoms with Gasteiger partial charge in [0.25, 0.3) is 11.8 Å². The van der Waals surface area contributed by atoms with Crippen molar-refractivity contribution in [3.8, 4) is 0 Å². The van der Waals surface area contributed by atoms with E-state index in [2.05, 4.69) is 15.6 Å². The first-order chi connectivity index (χ1) is 17.2. The van der Waals surface area contributed by atoms with Crippen LogP contribution < -0.4 is 10.6 Å². The number of carbonyl (C=O) groups excluding carboxylic acids is 2. The Kier molecular flexibility index (Phi) is 7.10. The number of carboxylic acid groups (broad SMARTS) is 1. The van der Waals surface area contributed by atoms with Crippen LogP contribution in [0.5, 0.6) is 0 Å². The van der Waals surface area contributed by atoms with E-state index < -0.39 is 17.9 Å². The van der Waals surface area contributed by atoms with E-state index in [1.165, 1.54) is 0 Å². The monoisotopic (exact) mass is 481 g/mol. The molecule has 0 radical (unpaired) electrons. The highest BCUT2D eigenvalue weighted by Crippen LogP contribution is 2.20. The highest BCUT2D eigenvalue weighted by Gasteiger charge is 2.23. The van der Waals surface area contributed by atoms with Gasteiger partial charge in [-0.05, 0) is 61.7 Å². The quantitative estimate of drug-likeness (QED) is 0.350. The molecular formula is C29H27N3O4. The van der Waals surface area contributed by atoms with Gasteiger partial charge in [-0.2, -0.15) is 0 Å². The van der Waals surface area contributed by atoms with Crippen LogP contribution in [0, 0.1) is 20.8 Å². The zero-order chi connectivity index (χ0) is 25.8. The minimum Gasteiger partial charge on any atom is -0.480 e. The van der Waals surface area contributed by atoms with E-state index in [4.69, 9.17) is 0 Å². The van der Waals surface area contributed by atoms with Crippen molar-refractivity contribution in [3.63, 3.8) is 0 Å². The van der Waals surface area contributed by atoms with Crippen LogP contribution in [0.25, 0.3) is 10.9 Å². The second-order valence-corrected chi connectivity index (χ2v) is 8.87. The van der Waals surface area contributed by atoms with Crippen LogP contribution in [0.2, 0.25) is 0 Å². The number of carboxylic acids is 1. The van der Waals surface area contributed by atoms with Gasteiger partial charge in [0, 0.05) is 29.3 Å². The van der Waals surface area contributed by atoms with Crippen LogP contribution in [0.1, 0.15) is 43.0 Å². The molecule has 0 spiro atoms. The molecule has 2 amide bonds. The lowest BCUT2D eigenvalue weighted by Gasteiger charge is -2.17. The minimum absolute atomic E-state index is 0.105. The Bertz CT molecular complexity index is 1430. The maximum Gasteiger partial charge on any atom is 0.326 e. The van der Waals surface area contributed by atoms with Gasteiger partial charge in [-0.1, -0.05) is 48.0 Å². The van der Waals surface area contributed by atoms with Crippen molar-refractivity contribution in [2.45, 2.75) is 33.2 Å². The van der Waals surface area contributed by atoms with Crippen molar-refractivity contribution >= 4 is 34.4 Å². The summed E-state index contributed by atoms with van der Waals surface area (Å²) in [7, 11) is 0. The van der Waals surface area contributed by atoms with Crippen LogP contribution in [-0.2, 0) is 11.2 Å². The van der Waals surface area contributed by atoms with Crippen molar-refractivity contribution in [2.24, 2.45) is 0 Å². The number of anilines is 1. The summed E-state index contributed by atoms with van der Waals surface area (Å²) in [6.07, 6.45) is 1.70. The smallest absolute Gasteiger partial charge is 0.326 e. The molecule has 1 aromatic heterocycles. The number of fused-ring (bicyclic) bond motifs is 1. The summed E-state index contributed by atoms with van der Waals surface area (Å²) in [6, 6.07) is 18.7.